The molecule has 2 saturated heterocycles. The Kier molecular flexibility index (Phi) is 4.91. The Bertz CT molecular complexity index is 803. The van der Waals surface area contributed by atoms with Gasteiger partial charge in [-0.1, -0.05) is 25.0 Å². The second-order valence-electron chi connectivity index (χ2n) is 8.05. The fraction of sp³-hybridized carbons (Fsp3) is 0.524. The highest BCUT2D eigenvalue weighted by Gasteiger charge is 2.46. The number of imide groups is 1. The van der Waals surface area contributed by atoms with E-state index in [1.54, 1.807) is 29.2 Å². The third-order valence-corrected chi connectivity index (χ3v) is 6.35. The van der Waals surface area contributed by atoms with Gasteiger partial charge in [0.1, 0.15) is 6.04 Å². The molecular formula is C21H25N3O4. The number of carbonyl (C=O) groups excluding carboxylic acids is 4. The molecule has 28 heavy (non-hydrogen) atoms. The number of rotatable bonds is 4. The van der Waals surface area contributed by atoms with Crippen LogP contribution in [-0.2, 0) is 20.9 Å². The highest BCUT2D eigenvalue weighted by molar-refractivity contribution is 6.02. The maximum absolute atomic E-state index is 13.2. The van der Waals surface area contributed by atoms with Crippen LogP contribution >= 0.6 is 0 Å². The first-order valence-corrected chi connectivity index (χ1v) is 10.00. The first-order chi connectivity index (χ1) is 13.5. The number of benzene rings is 1. The largest absolute Gasteiger partial charge is 0.368 e. The molecule has 3 aliphatic rings. The molecule has 148 valence electrons. The van der Waals surface area contributed by atoms with Crippen molar-refractivity contribution in [2.45, 2.75) is 63.6 Å². The smallest absolute Gasteiger partial charge is 0.254 e. The summed E-state index contributed by atoms with van der Waals surface area (Å²) in [6.45, 7) is 0.227. The zero-order valence-electron chi connectivity index (χ0n) is 15.8. The molecule has 3 unspecified atom stereocenters. The summed E-state index contributed by atoms with van der Waals surface area (Å²) in [5, 5.41) is 0. The zero-order valence-corrected chi connectivity index (χ0v) is 15.8. The second-order valence-corrected chi connectivity index (χ2v) is 8.05. The van der Waals surface area contributed by atoms with Gasteiger partial charge < -0.3 is 10.6 Å². The SMILES string of the molecule is NC(=O)C1CC2CCCCC2N1C(=O)c1ccc(CN2C(=O)CCC2=O)cc1. The van der Waals surface area contributed by atoms with Crippen LogP contribution in [0.25, 0.3) is 0 Å². The van der Waals surface area contributed by atoms with Crippen LogP contribution in [0.3, 0.4) is 0 Å². The van der Waals surface area contributed by atoms with Gasteiger partial charge in [0.15, 0.2) is 0 Å². The number of hydrogen-bond donors (Lipinski definition) is 1. The summed E-state index contributed by atoms with van der Waals surface area (Å²) in [4.78, 5) is 51.6. The van der Waals surface area contributed by atoms with Crippen molar-refractivity contribution in [3.8, 4) is 0 Å². The van der Waals surface area contributed by atoms with E-state index >= 15 is 0 Å². The standard InChI is InChI=1S/C21H25N3O4/c22-20(27)17-11-15-3-1-2-4-16(15)24(17)21(28)14-7-5-13(6-8-14)12-23-18(25)9-10-19(23)26/h5-8,15-17H,1-4,9-12H2,(H2,22,27). The number of nitrogens with zero attached hydrogens (tertiary/aromatic N) is 2. The first-order valence-electron chi connectivity index (χ1n) is 10.00. The quantitative estimate of drug-likeness (QED) is 0.798. The summed E-state index contributed by atoms with van der Waals surface area (Å²) in [6.07, 6.45) is 5.34. The molecule has 0 bridgehead atoms. The number of primary amides is 1. The highest BCUT2D eigenvalue weighted by atomic mass is 16.2. The van der Waals surface area contributed by atoms with Crippen LogP contribution < -0.4 is 5.73 Å². The first kappa shape index (κ1) is 18.7. The van der Waals surface area contributed by atoms with E-state index in [1.165, 1.54) is 4.90 Å². The maximum Gasteiger partial charge on any atom is 0.254 e. The van der Waals surface area contributed by atoms with Crippen molar-refractivity contribution in [2.75, 3.05) is 0 Å². The Morgan fingerprint density at radius 1 is 1.00 bits per heavy atom. The summed E-state index contributed by atoms with van der Waals surface area (Å²) < 4.78 is 0. The minimum atomic E-state index is -0.542. The molecule has 0 radical (unpaired) electrons. The topological polar surface area (TPSA) is 101 Å². The van der Waals surface area contributed by atoms with E-state index in [0.29, 0.717) is 17.9 Å². The van der Waals surface area contributed by atoms with Crippen molar-refractivity contribution in [1.82, 2.24) is 9.80 Å². The number of amides is 4. The van der Waals surface area contributed by atoms with Crippen LogP contribution in [0.15, 0.2) is 24.3 Å². The number of nitrogens with two attached hydrogens (primary N) is 1. The lowest BCUT2D eigenvalue weighted by Gasteiger charge is -2.33. The maximum atomic E-state index is 13.2. The van der Waals surface area contributed by atoms with Crippen molar-refractivity contribution in [3.05, 3.63) is 35.4 Å². The van der Waals surface area contributed by atoms with Crippen molar-refractivity contribution in [1.29, 1.82) is 0 Å². The summed E-state index contributed by atoms with van der Waals surface area (Å²) in [5.74, 6) is -0.574. The van der Waals surface area contributed by atoms with E-state index in [9.17, 15) is 19.2 Å². The summed E-state index contributed by atoms with van der Waals surface area (Å²) in [7, 11) is 0. The van der Waals surface area contributed by atoms with E-state index in [4.69, 9.17) is 5.73 Å². The molecule has 0 spiro atoms. The lowest BCUT2D eigenvalue weighted by Crippen LogP contribution is -2.48. The van der Waals surface area contributed by atoms with Gasteiger partial charge in [0.25, 0.3) is 5.91 Å². The van der Waals surface area contributed by atoms with Crippen molar-refractivity contribution in [2.24, 2.45) is 11.7 Å². The number of likely N-dealkylation sites (tertiary alicyclic amines) is 2. The van der Waals surface area contributed by atoms with Crippen LogP contribution in [0.4, 0.5) is 0 Å². The van der Waals surface area contributed by atoms with E-state index < -0.39 is 11.9 Å². The van der Waals surface area contributed by atoms with E-state index in [1.807, 2.05) is 0 Å². The molecule has 1 aliphatic carbocycles. The molecule has 0 aromatic heterocycles. The van der Waals surface area contributed by atoms with Crippen LogP contribution in [-0.4, -0.2) is 45.5 Å². The zero-order chi connectivity index (χ0) is 19.8. The monoisotopic (exact) mass is 383 g/mol. The Morgan fingerprint density at radius 3 is 2.29 bits per heavy atom. The van der Waals surface area contributed by atoms with E-state index in [-0.39, 0.29) is 43.1 Å². The van der Waals surface area contributed by atoms with E-state index in [0.717, 1.165) is 31.2 Å². The van der Waals surface area contributed by atoms with Gasteiger partial charge >= 0.3 is 0 Å². The average molecular weight is 383 g/mol. The molecule has 7 heteroatoms. The lowest BCUT2D eigenvalue weighted by atomic mass is 9.84. The third-order valence-electron chi connectivity index (χ3n) is 6.35. The van der Waals surface area contributed by atoms with Gasteiger partial charge in [-0.05, 0) is 42.9 Å². The van der Waals surface area contributed by atoms with Crippen molar-refractivity contribution >= 4 is 23.6 Å². The molecule has 1 aromatic rings. The molecule has 2 aliphatic heterocycles. The van der Waals surface area contributed by atoms with Gasteiger partial charge in [0.05, 0.1) is 6.54 Å². The third kappa shape index (κ3) is 3.30. The van der Waals surface area contributed by atoms with Crippen LogP contribution in [0.5, 0.6) is 0 Å². The molecular weight excluding hydrogens is 358 g/mol. The second kappa shape index (κ2) is 7.37. The minimum Gasteiger partial charge on any atom is -0.368 e. The number of fused-ring (bicyclic) bond motifs is 1. The lowest BCUT2D eigenvalue weighted by molar-refractivity contribution is -0.139. The van der Waals surface area contributed by atoms with Gasteiger partial charge in [0.2, 0.25) is 17.7 Å². The minimum absolute atomic E-state index is 0.0817. The Morgan fingerprint density at radius 2 is 1.64 bits per heavy atom. The average Bonchev–Trinajstić information content (AvgIpc) is 3.23. The van der Waals surface area contributed by atoms with Crippen molar-refractivity contribution in [3.63, 3.8) is 0 Å². The Balaban J connectivity index is 1.51. The summed E-state index contributed by atoms with van der Waals surface area (Å²) >= 11 is 0. The molecule has 2 N–H and O–H groups in total. The molecule has 1 saturated carbocycles. The highest BCUT2D eigenvalue weighted by Crippen LogP contribution is 2.40. The molecule has 4 amide bonds. The fourth-order valence-corrected chi connectivity index (χ4v) is 4.89. The molecule has 3 atom stereocenters. The predicted octanol–water partition coefficient (Wildman–Crippen LogP) is 1.59. The van der Waals surface area contributed by atoms with Crippen molar-refractivity contribution < 1.29 is 19.2 Å². The number of carbonyl (C=O) groups is 4. The molecule has 7 nitrogen and oxygen atoms in total. The Labute approximate surface area is 163 Å². The van der Waals surface area contributed by atoms with Crippen LogP contribution in [0.1, 0.15) is 60.9 Å². The molecule has 1 aromatic carbocycles. The molecule has 4 rings (SSSR count). The predicted molar refractivity (Wildman–Crippen MR) is 101 cm³/mol. The van der Waals surface area contributed by atoms with Crippen LogP contribution in [0.2, 0.25) is 0 Å². The number of hydrogen-bond acceptors (Lipinski definition) is 4. The Hall–Kier alpha value is -2.70. The molecule has 3 fully saturated rings. The van der Waals surface area contributed by atoms with Gasteiger partial charge in [-0.15, -0.1) is 0 Å². The normalized spacial score (nSPS) is 27.2. The summed E-state index contributed by atoms with van der Waals surface area (Å²) in [6, 6.07) is 6.48. The van der Waals surface area contributed by atoms with Gasteiger partial charge in [-0.3, -0.25) is 24.1 Å². The molecule has 2 heterocycles. The fourth-order valence-electron chi connectivity index (χ4n) is 4.89. The van der Waals surface area contributed by atoms with Gasteiger partial charge in [-0.25, -0.2) is 0 Å². The van der Waals surface area contributed by atoms with Gasteiger partial charge in [-0.2, -0.15) is 0 Å². The summed E-state index contributed by atoms with van der Waals surface area (Å²) in [5.41, 5.74) is 6.89. The van der Waals surface area contributed by atoms with Gasteiger partial charge in [0, 0.05) is 24.4 Å². The van der Waals surface area contributed by atoms with E-state index in [2.05, 4.69) is 0 Å². The van der Waals surface area contributed by atoms with Crippen LogP contribution in [0, 0.1) is 5.92 Å².